The maximum absolute atomic E-state index is 11.1. The maximum Gasteiger partial charge on any atom is 0.224 e. The molecule has 0 spiro atoms. The summed E-state index contributed by atoms with van der Waals surface area (Å²) < 4.78 is 0. The zero-order valence-corrected chi connectivity index (χ0v) is 10.8. The van der Waals surface area contributed by atoms with Gasteiger partial charge in [-0.1, -0.05) is 0 Å². The first-order valence-electron chi connectivity index (χ1n) is 6.30. The number of anilines is 2. The zero-order chi connectivity index (χ0) is 13.0. The van der Waals surface area contributed by atoms with Gasteiger partial charge < -0.3 is 16.0 Å². The molecule has 1 saturated heterocycles. The van der Waals surface area contributed by atoms with Crippen LogP contribution in [0.3, 0.4) is 0 Å². The van der Waals surface area contributed by atoms with E-state index in [1.54, 1.807) is 0 Å². The van der Waals surface area contributed by atoms with E-state index in [0.29, 0.717) is 18.9 Å². The van der Waals surface area contributed by atoms with Crippen LogP contribution in [0.4, 0.5) is 11.8 Å². The smallest absolute Gasteiger partial charge is 0.224 e. The summed E-state index contributed by atoms with van der Waals surface area (Å²) in [5.74, 6) is 1.57. The normalized spacial score (nSPS) is 19.2. The van der Waals surface area contributed by atoms with Gasteiger partial charge in [-0.3, -0.25) is 4.79 Å². The molecule has 98 valence electrons. The first-order chi connectivity index (χ1) is 8.67. The molecule has 18 heavy (non-hydrogen) atoms. The summed E-state index contributed by atoms with van der Waals surface area (Å²) in [5.41, 5.74) is 0.920. The first kappa shape index (κ1) is 12.6. The minimum Gasteiger partial charge on any atom is -0.365 e. The standard InChI is InChI=1S/C12H19N5O/c1-3-13-12-15-8(2)6-10(17-12)16-9-4-5-11(18)14-7-9/h6,9H,3-5,7H2,1-2H3,(H,14,18)(H2,13,15,16,17). The topological polar surface area (TPSA) is 78.9 Å². The lowest BCUT2D eigenvalue weighted by Crippen LogP contribution is -2.42. The van der Waals surface area contributed by atoms with Gasteiger partial charge in [0.15, 0.2) is 0 Å². The molecule has 6 heteroatoms. The molecule has 1 unspecified atom stereocenters. The molecule has 6 nitrogen and oxygen atoms in total. The van der Waals surface area contributed by atoms with Crippen LogP contribution in [0, 0.1) is 6.92 Å². The number of piperidine rings is 1. The van der Waals surface area contributed by atoms with Crippen LogP contribution in [0.25, 0.3) is 0 Å². The van der Waals surface area contributed by atoms with Crippen molar-refractivity contribution in [1.82, 2.24) is 15.3 Å². The van der Waals surface area contributed by atoms with E-state index in [2.05, 4.69) is 25.9 Å². The summed E-state index contributed by atoms with van der Waals surface area (Å²) in [5, 5.41) is 9.28. The summed E-state index contributed by atoms with van der Waals surface area (Å²) >= 11 is 0. The number of nitrogens with one attached hydrogen (secondary N) is 3. The van der Waals surface area contributed by atoms with E-state index >= 15 is 0 Å². The molecule has 2 rings (SSSR count). The number of amides is 1. The molecule has 1 aromatic rings. The van der Waals surface area contributed by atoms with Crippen LogP contribution >= 0.6 is 0 Å². The van der Waals surface area contributed by atoms with E-state index in [-0.39, 0.29) is 11.9 Å². The molecule has 0 saturated carbocycles. The summed E-state index contributed by atoms with van der Waals surface area (Å²) in [6.07, 6.45) is 1.41. The Labute approximate surface area is 107 Å². The molecular weight excluding hydrogens is 230 g/mol. The lowest BCUT2D eigenvalue weighted by atomic mass is 10.1. The molecular formula is C12H19N5O. The summed E-state index contributed by atoms with van der Waals surface area (Å²) in [7, 11) is 0. The average molecular weight is 249 g/mol. The predicted molar refractivity (Wildman–Crippen MR) is 70.6 cm³/mol. The molecule has 0 radical (unpaired) electrons. The third-order valence-electron chi connectivity index (χ3n) is 2.81. The summed E-state index contributed by atoms with van der Waals surface area (Å²) in [6.45, 7) is 5.40. The van der Waals surface area contributed by atoms with Crippen LogP contribution in [0.2, 0.25) is 0 Å². The zero-order valence-electron chi connectivity index (χ0n) is 10.8. The van der Waals surface area contributed by atoms with Gasteiger partial charge >= 0.3 is 0 Å². The fourth-order valence-corrected chi connectivity index (χ4v) is 1.94. The van der Waals surface area contributed by atoms with Crippen molar-refractivity contribution in [3.63, 3.8) is 0 Å². The number of carbonyl (C=O) groups is 1. The van der Waals surface area contributed by atoms with Crippen molar-refractivity contribution in [2.75, 3.05) is 23.7 Å². The van der Waals surface area contributed by atoms with Crippen LogP contribution in [0.1, 0.15) is 25.5 Å². The van der Waals surface area contributed by atoms with Crippen molar-refractivity contribution >= 4 is 17.7 Å². The number of carbonyl (C=O) groups excluding carboxylic acids is 1. The van der Waals surface area contributed by atoms with Crippen LogP contribution in [-0.4, -0.2) is 35.0 Å². The highest BCUT2D eigenvalue weighted by molar-refractivity contribution is 5.77. The number of aryl methyl sites for hydroxylation is 1. The lowest BCUT2D eigenvalue weighted by molar-refractivity contribution is -0.122. The second-order valence-corrected chi connectivity index (χ2v) is 4.43. The quantitative estimate of drug-likeness (QED) is 0.739. The fourth-order valence-electron chi connectivity index (χ4n) is 1.94. The first-order valence-corrected chi connectivity index (χ1v) is 6.30. The second kappa shape index (κ2) is 5.66. The lowest BCUT2D eigenvalue weighted by Gasteiger charge is -2.24. The Morgan fingerprint density at radius 3 is 3.00 bits per heavy atom. The van der Waals surface area contributed by atoms with E-state index in [4.69, 9.17) is 0 Å². The molecule has 1 aliphatic heterocycles. The second-order valence-electron chi connectivity index (χ2n) is 4.43. The van der Waals surface area contributed by atoms with Gasteiger partial charge in [-0.2, -0.15) is 4.98 Å². The van der Waals surface area contributed by atoms with Gasteiger partial charge in [0, 0.05) is 37.3 Å². The Balaban J connectivity index is 2.02. The van der Waals surface area contributed by atoms with Gasteiger partial charge in [0.25, 0.3) is 0 Å². The maximum atomic E-state index is 11.1. The van der Waals surface area contributed by atoms with Crippen LogP contribution in [0.5, 0.6) is 0 Å². The Bertz CT molecular complexity index is 424. The third kappa shape index (κ3) is 3.32. The van der Waals surface area contributed by atoms with Gasteiger partial charge in [0.1, 0.15) is 5.82 Å². The van der Waals surface area contributed by atoms with Crippen LogP contribution in [-0.2, 0) is 4.79 Å². The Hall–Kier alpha value is -1.85. The van der Waals surface area contributed by atoms with E-state index in [1.165, 1.54) is 0 Å². The van der Waals surface area contributed by atoms with Gasteiger partial charge in [0.2, 0.25) is 11.9 Å². The van der Waals surface area contributed by atoms with Crippen molar-refractivity contribution < 1.29 is 4.79 Å². The summed E-state index contributed by atoms with van der Waals surface area (Å²) in [6, 6.07) is 2.16. The highest BCUT2D eigenvalue weighted by Crippen LogP contribution is 2.13. The number of hydrogen-bond acceptors (Lipinski definition) is 5. The SMILES string of the molecule is CCNc1nc(C)cc(NC2CCC(=O)NC2)n1. The minimum absolute atomic E-state index is 0.125. The van der Waals surface area contributed by atoms with Crippen molar-refractivity contribution in [3.05, 3.63) is 11.8 Å². The Morgan fingerprint density at radius 1 is 1.50 bits per heavy atom. The van der Waals surface area contributed by atoms with Gasteiger partial charge in [0.05, 0.1) is 0 Å². The third-order valence-corrected chi connectivity index (χ3v) is 2.81. The molecule has 1 atom stereocenters. The van der Waals surface area contributed by atoms with E-state index < -0.39 is 0 Å². The molecule has 1 amide bonds. The van der Waals surface area contributed by atoms with Crippen LogP contribution in [0.15, 0.2) is 6.07 Å². The molecule has 1 aliphatic rings. The number of nitrogens with zero attached hydrogens (tertiary/aromatic N) is 2. The van der Waals surface area contributed by atoms with Gasteiger partial charge in [-0.15, -0.1) is 0 Å². The van der Waals surface area contributed by atoms with Crippen molar-refractivity contribution in [1.29, 1.82) is 0 Å². The minimum atomic E-state index is 0.125. The molecule has 0 aromatic carbocycles. The van der Waals surface area contributed by atoms with E-state index in [1.807, 2.05) is 19.9 Å². The number of aromatic nitrogens is 2. The van der Waals surface area contributed by atoms with E-state index in [9.17, 15) is 4.79 Å². The highest BCUT2D eigenvalue weighted by atomic mass is 16.1. The average Bonchev–Trinajstić information content (AvgIpc) is 2.32. The Kier molecular flexibility index (Phi) is 3.96. The predicted octanol–water partition coefficient (Wildman–Crippen LogP) is 0.907. The van der Waals surface area contributed by atoms with Crippen molar-refractivity contribution in [3.8, 4) is 0 Å². The molecule has 2 heterocycles. The molecule has 1 fully saturated rings. The molecule has 3 N–H and O–H groups in total. The highest BCUT2D eigenvalue weighted by Gasteiger charge is 2.18. The fraction of sp³-hybridized carbons (Fsp3) is 0.583. The molecule has 0 bridgehead atoms. The van der Waals surface area contributed by atoms with Gasteiger partial charge in [-0.05, 0) is 20.3 Å². The summed E-state index contributed by atoms with van der Waals surface area (Å²) in [4.78, 5) is 19.8. The number of hydrogen-bond donors (Lipinski definition) is 3. The molecule has 0 aliphatic carbocycles. The van der Waals surface area contributed by atoms with Gasteiger partial charge in [-0.25, -0.2) is 4.98 Å². The number of rotatable bonds is 4. The van der Waals surface area contributed by atoms with Crippen LogP contribution < -0.4 is 16.0 Å². The van der Waals surface area contributed by atoms with E-state index in [0.717, 1.165) is 24.5 Å². The van der Waals surface area contributed by atoms with Crippen molar-refractivity contribution in [2.45, 2.75) is 32.7 Å². The Morgan fingerprint density at radius 2 is 2.33 bits per heavy atom. The molecule has 1 aromatic heterocycles. The monoisotopic (exact) mass is 249 g/mol. The largest absolute Gasteiger partial charge is 0.365 e. The van der Waals surface area contributed by atoms with Crippen molar-refractivity contribution in [2.24, 2.45) is 0 Å².